The van der Waals surface area contributed by atoms with Gasteiger partial charge in [-0.05, 0) is 6.07 Å². The second-order valence-corrected chi connectivity index (χ2v) is 2.74. The minimum absolute atomic E-state index is 0.125. The lowest BCUT2D eigenvalue weighted by atomic mass is 10.3. The van der Waals surface area contributed by atoms with Gasteiger partial charge in [0.05, 0.1) is 25.2 Å². The number of pyridine rings is 1. The topological polar surface area (TPSA) is 43.6 Å². The van der Waals surface area contributed by atoms with Crippen LogP contribution in [0.15, 0.2) is 24.7 Å². The number of carbonyl (C=O) groups is 1. The third kappa shape index (κ3) is 1.22. The van der Waals surface area contributed by atoms with Crippen LogP contribution in [-0.2, 0) is 4.74 Å². The molecule has 0 aromatic carbocycles. The first-order valence-electron chi connectivity index (χ1n) is 3.92. The first kappa shape index (κ1) is 8.68. The predicted molar refractivity (Wildman–Crippen MR) is 46.5 cm³/mol. The molecule has 4 nitrogen and oxygen atoms in total. The number of esters is 1. The number of aromatic nitrogens is 2. The van der Waals surface area contributed by atoms with Gasteiger partial charge in [0, 0.05) is 6.07 Å². The molecule has 5 heteroatoms. The fraction of sp³-hybridized carbons (Fsp3) is 0.111. The monoisotopic (exact) mass is 194 g/mol. The van der Waals surface area contributed by atoms with Gasteiger partial charge >= 0.3 is 5.97 Å². The standard InChI is InChI=1S/C9H7FN2O2/c1-14-9(13)8-3-6(10)2-7-4-11-5-12(7)8/h2-5H,1H3. The summed E-state index contributed by atoms with van der Waals surface area (Å²) in [7, 11) is 1.25. The lowest BCUT2D eigenvalue weighted by molar-refractivity contribution is 0.0591. The van der Waals surface area contributed by atoms with Crippen LogP contribution in [0.2, 0.25) is 0 Å². The molecular formula is C9H7FN2O2. The van der Waals surface area contributed by atoms with E-state index < -0.39 is 11.8 Å². The molecule has 0 unspecified atom stereocenters. The summed E-state index contributed by atoms with van der Waals surface area (Å²) in [6, 6.07) is 2.40. The van der Waals surface area contributed by atoms with Crippen molar-refractivity contribution in [2.45, 2.75) is 0 Å². The molecule has 0 radical (unpaired) electrons. The first-order chi connectivity index (χ1) is 6.72. The van der Waals surface area contributed by atoms with Crippen molar-refractivity contribution in [3.8, 4) is 0 Å². The van der Waals surface area contributed by atoms with Gasteiger partial charge in [0.1, 0.15) is 11.5 Å². The van der Waals surface area contributed by atoms with Gasteiger partial charge in [0.2, 0.25) is 0 Å². The van der Waals surface area contributed by atoms with Crippen molar-refractivity contribution in [1.82, 2.24) is 9.38 Å². The molecule has 0 aliphatic carbocycles. The minimum Gasteiger partial charge on any atom is -0.464 e. The Morgan fingerprint density at radius 1 is 1.57 bits per heavy atom. The molecule has 14 heavy (non-hydrogen) atoms. The Morgan fingerprint density at radius 2 is 2.36 bits per heavy atom. The number of halogens is 1. The van der Waals surface area contributed by atoms with Gasteiger partial charge in [0.25, 0.3) is 0 Å². The molecule has 72 valence electrons. The Bertz CT molecular complexity index is 493. The fourth-order valence-corrected chi connectivity index (χ4v) is 1.26. The molecule has 0 aliphatic rings. The zero-order valence-corrected chi connectivity index (χ0v) is 7.40. The largest absolute Gasteiger partial charge is 0.464 e. The maximum absolute atomic E-state index is 13.0. The van der Waals surface area contributed by atoms with Crippen molar-refractivity contribution >= 4 is 11.5 Å². The molecule has 2 rings (SSSR count). The third-order valence-electron chi connectivity index (χ3n) is 1.88. The molecule has 0 bridgehead atoms. The highest BCUT2D eigenvalue weighted by Crippen LogP contribution is 2.11. The molecule has 2 aromatic rings. The number of methoxy groups -OCH3 is 1. The summed E-state index contributed by atoms with van der Waals surface area (Å²) >= 11 is 0. The molecule has 0 amide bonds. The highest BCUT2D eigenvalue weighted by molar-refractivity contribution is 5.88. The van der Waals surface area contributed by atoms with Gasteiger partial charge in [-0.15, -0.1) is 0 Å². The van der Waals surface area contributed by atoms with Crippen LogP contribution in [0, 0.1) is 5.82 Å². The summed E-state index contributed by atoms with van der Waals surface area (Å²) in [5, 5.41) is 0. The van der Waals surface area contributed by atoms with E-state index in [1.54, 1.807) is 0 Å². The van der Waals surface area contributed by atoms with E-state index in [2.05, 4.69) is 9.72 Å². The average Bonchev–Trinajstić information content (AvgIpc) is 2.62. The fourth-order valence-electron chi connectivity index (χ4n) is 1.26. The summed E-state index contributed by atoms with van der Waals surface area (Å²) in [5.74, 6) is -1.08. The number of nitrogens with zero attached hydrogens (tertiary/aromatic N) is 2. The first-order valence-corrected chi connectivity index (χ1v) is 3.92. The molecule has 0 atom stereocenters. The van der Waals surface area contributed by atoms with E-state index in [-0.39, 0.29) is 5.69 Å². The summed E-state index contributed by atoms with van der Waals surface area (Å²) in [4.78, 5) is 15.0. The Kier molecular flexibility index (Phi) is 1.92. The van der Waals surface area contributed by atoms with Crippen molar-refractivity contribution in [2.75, 3.05) is 7.11 Å². The van der Waals surface area contributed by atoms with Crippen LogP contribution in [0.3, 0.4) is 0 Å². The molecule has 0 saturated carbocycles. The summed E-state index contributed by atoms with van der Waals surface area (Å²) in [6.45, 7) is 0. The van der Waals surface area contributed by atoms with E-state index >= 15 is 0 Å². The molecule has 2 aromatic heterocycles. The lowest BCUT2D eigenvalue weighted by Gasteiger charge is -2.02. The van der Waals surface area contributed by atoms with Crippen molar-refractivity contribution in [2.24, 2.45) is 0 Å². The van der Waals surface area contributed by atoms with Gasteiger partial charge in [-0.2, -0.15) is 0 Å². The number of ether oxygens (including phenoxy) is 1. The summed E-state index contributed by atoms with van der Waals surface area (Å²) in [5.41, 5.74) is 0.644. The maximum atomic E-state index is 13.0. The van der Waals surface area contributed by atoms with E-state index in [9.17, 15) is 9.18 Å². The van der Waals surface area contributed by atoms with E-state index in [1.165, 1.54) is 30.1 Å². The highest BCUT2D eigenvalue weighted by atomic mass is 19.1. The predicted octanol–water partition coefficient (Wildman–Crippen LogP) is 1.26. The highest BCUT2D eigenvalue weighted by Gasteiger charge is 2.11. The smallest absolute Gasteiger partial charge is 0.355 e. The second-order valence-electron chi connectivity index (χ2n) is 2.74. The van der Waals surface area contributed by atoms with Gasteiger partial charge in [-0.3, -0.25) is 4.40 Å². The quantitative estimate of drug-likeness (QED) is 0.642. The zero-order valence-electron chi connectivity index (χ0n) is 7.40. The van der Waals surface area contributed by atoms with Crippen molar-refractivity contribution in [1.29, 1.82) is 0 Å². The molecular weight excluding hydrogens is 187 g/mol. The molecule has 0 N–H and O–H groups in total. The molecule has 2 heterocycles. The summed E-state index contributed by atoms with van der Waals surface area (Å²) < 4.78 is 19.0. The van der Waals surface area contributed by atoms with Crippen LogP contribution in [0.4, 0.5) is 4.39 Å². The molecule has 0 saturated heterocycles. The molecule has 0 spiro atoms. The number of rotatable bonds is 1. The van der Waals surface area contributed by atoms with Gasteiger partial charge < -0.3 is 4.74 Å². The Labute approximate surface area is 78.9 Å². The SMILES string of the molecule is COC(=O)c1cc(F)cc2cncn12. The second kappa shape index (κ2) is 3.10. The van der Waals surface area contributed by atoms with E-state index in [4.69, 9.17) is 0 Å². The Hall–Kier alpha value is -1.91. The molecule has 0 fully saturated rings. The molecule has 0 aliphatic heterocycles. The van der Waals surface area contributed by atoms with Crippen LogP contribution in [0.5, 0.6) is 0 Å². The Balaban J connectivity index is 2.72. The van der Waals surface area contributed by atoms with E-state index in [0.717, 1.165) is 6.07 Å². The van der Waals surface area contributed by atoms with Crippen molar-refractivity contribution in [3.05, 3.63) is 36.2 Å². The lowest BCUT2D eigenvalue weighted by Crippen LogP contribution is -2.07. The number of fused-ring (bicyclic) bond motifs is 1. The number of hydrogen-bond acceptors (Lipinski definition) is 3. The van der Waals surface area contributed by atoms with Crippen LogP contribution in [-0.4, -0.2) is 22.5 Å². The third-order valence-corrected chi connectivity index (χ3v) is 1.88. The number of carbonyl (C=O) groups excluding carboxylic acids is 1. The van der Waals surface area contributed by atoms with E-state index in [1.807, 2.05) is 0 Å². The van der Waals surface area contributed by atoms with Gasteiger partial charge in [-0.1, -0.05) is 0 Å². The maximum Gasteiger partial charge on any atom is 0.355 e. The van der Waals surface area contributed by atoms with Crippen LogP contribution >= 0.6 is 0 Å². The van der Waals surface area contributed by atoms with Crippen LogP contribution in [0.25, 0.3) is 5.52 Å². The van der Waals surface area contributed by atoms with Crippen LogP contribution < -0.4 is 0 Å². The summed E-state index contributed by atoms with van der Waals surface area (Å²) in [6.07, 6.45) is 2.90. The minimum atomic E-state index is -0.590. The Morgan fingerprint density at radius 3 is 3.07 bits per heavy atom. The van der Waals surface area contributed by atoms with Crippen molar-refractivity contribution < 1.29 is 13.9 Å². The number of hydrogen-bond donors (Lipinski definition) is 0. The van der Waals surface area contributed by atoms with E-state index in [0.29, 0.717) is 5.52 Å². The average molecular weight is 194 g/mol. The zero-order chi connectivity index (χ0) is 10.1. The van der Waals surface area contributed by atoms with Crippen molar-refractivity contribution in [3.63, 3.8) is 0 Å². The van der Waals surface area contributed by atoms with Gasteiger partial charge in [-0.25, -0.2) is 14.2 Å². The normalized spacial score (nSPS) is 10.4. The van der Waals surface area contributed by atoms with Gasteiger partial charge in [0.15, 0.2) is 0 Å². The van der Waals surface area contributed by atoms with Crippen LogP contribution in [0.1, 0.15) is 10.5 Å². The number of imidazole rings is 1.